The lowest BCUT2D eigenvalue weighted by atomic mass is 10.3. The molecule has 0 aliphatic carbocycles. The van der Waals surface area contributed by atoms with Crippen molar-refractivity contribution in [2.75, 3.05) is 6.54 Å². The molecule has 0 radical (unpaired) electrons. The van der Waals surface area contributed by atoms with Crippen LogP contribution in [0.2, 0.25) is 0 Å². The quantitative estimate of drug-likeness (QED) is 0.695. The van der Waals surface area contributed by atoms with E-state index in [9.17, 15) is 4.79 Å². The number of amides is 1. The number of nitrogens with one attached hydrogen (secondary N) is 1. The molecule has 0 saturated carbocycles. The van der Waals surface area contributed by atoms with Gasteiger partial charge >= 0.3 is 0 Å². The molecule has 0 spiro atoms. The van der Waals surface area contributed by atoms with Gasteiger partial charge in [0.05, 0.1) is 0 Å². The van der Waals surface area contributed by atoms with E-state index in [1.807, 2.05) is 26.2 Å². The maximum absolute atomic E-state index is 11.5. The SMILES string of the molecule is C[C@H](CN)NC(=O)c1cccn1C. The maximum atomic E-state index is 11.5. The first kappa shape index (κ1) is 9.80. The number of carbonyl (C=O) groups excluding carboxylic acids is 1. The molecule has 1 heterocycles. The van der Waals surface area contributed by atoms with Gasteiger partial charge in [-0.05, 0) is 19.1 Å². The lowest BCUT2D eigenvalue weighted by Gasteiger charge is -2.11. The molecule has 1 rings (SSSR count). The average molecular weight is 181 g/mol. The highest BCUT2D eigenvalue weighted by Gasteiger charge is 2.10. The third kappa shape index (κ3) is 2.32. The van der Waals surface area contributed by atoms with E-state index in [4.69, 9.17) is 5.73 Å². The first-order valence-electron chi connectivity index (χ1n) is 4.27. The van der Waals surface area contributed by atoms with Crippen LogP contribution >= 0.6 is 0 Å². The topological polar surface area (TPSA) is 60.0 Å². The molecule has 1 aromatic rings. The van der Waals surface area contributed by atoms with Gasteiger partial charge in [-0.1, -0.05) is 0 Å². The molecular formula is C9H15N3O. The van der Waals surface area contributed by atoms with Crippen LogP contribution in [0, 0.1) is 0 Å². The number of carbonyl (C=O) groups is 1. The fourth-order valence-corrected chi connectivity index (χ4v) is 1.05. The summed E-state index contributed by atoms with van der Waals surface area (Å²) in [4.78, 5) is 11.5. The third-order valence-electron chi connectivity index (χ3n) is 1.91. The summed E-state index contributed by atoms with van der Waals surface area (Å²) < 4.78 is 1.78. The summed E-state index contributed by atoms with van der Waals surface area (Å²) in [5.41, 5.74) is 6.04. The number of aromatic nitrogens is 1. The maximum Gasteiger partial charge on any atom is 0.268 e. The molecule has 0 aliphatic rings. The Kier molecular flexibility index (Phi) is 3.08. The minimum Gasteiger partial charge on any atom is -0.347 e. The Labute approximate surface area is 77.7 Å². The van der Waals surface area contributed by atoms with Gasteiger partial charge in [-0.3, -0.25) is 4.79 Å². The zero-order chi connectivity index (χ0) is 9.84. The molecule has 72 valence electrons. The zero-order valence-electron chi connectivity index (χ0n) is 7.95. The molecule has 3 N–H and O–H groups in total. The van der Waals surface area contributed by atoms with Gasteiger partial charge in [0.1, 0.15) is 5.69 Å². The van der Waals surface area contributed by atoms with Crippen LogP contribution in [-0.4, -0.2) is 23.1 Å². The predicted molar refractivity (Wildman–Crippen MR) is 51.4 cm³/mol. The molecule has 13 heavy (non-hydrogen) atoms. The molecule has 0 aromatic carbocycles. The van der Waals surface area contributed by atoms with Crippen LogP contribution in [0.25, 0.3) is 0 Å². The van der Waals surface area contributed by atoms with Crippen LogP contribution in [0.3, 0.4) is 0 Å². The largest absolute Gasteiger partial charge is 0.347 e. The van der Waals surface area contributed by atoms with Gasteiger partial charge in [-0.2, -0.15) is 0 Å². The summed E-state index contributed by atoms with van der Waals surface area (Å²) in [5.74, 6) is -0.0783. The highest BCUT2D eigenvalue weighted by atomic mass is 16.2. The highest BCUT2D eigenvalue weighted by molar-refractivity contribution is 5.92. The second-order valence-corrected chi connectivity index (χ2v) is 3.11. The van der Waals surface area contributed by atoms with E-state index >= 15 is 0 Å². The fraction of sp³-hybridized carbons (Fsp3) is 0.444. The van der Waals surface area contributed by atoms with Crippen LogP contribution in [0.4, 0.5) is 0 Å². The summed E-state index contributed by atoms with van der Waals surface area (Å²) in [6.07, 6.45) is 1.84. The summed E-state index contributed by atoms with van der Waals surface area (Å²) in [5, 5.41) is 2.79. The van der Waals surface area contributed by atoms with E-state index in [-0.39, 0.29) is 11.9 Å². The molecule has 0 aliphatic heterocycles. The standard InChI is InChI=1S/C9H15N3O/c1-7(6-10)11-9(13)8-4-3-5-12(8)2/h3-5,7H,6,10H2,1-2H3,(H,11,13)/t7-/m1/s1. The van der Waals surface area contributed by atoms with Crippen LogP contribution in [0.1, 0.15) is 17.4 Å². The van der Waals surface area contributed by atoms with Crippen molar-refractivity contribution in [3.8, 4) is 0 Å². The van der Waals surface area contributed by atoms with Gasteiger partial charge in [0.25, 0.3) is 5.91 Å². The van der Waals surface area contributed by atoms with Gasteiger partial charge in [-0.25, -0.2) is 0 Å². The number of hydrogen-bond acceptors (Lipinski definition) is 2. The molecule has 1 amide bonds. The first-order chi connectivity index (χ1) is 6.15. The zero-order valence-corrected chi connectivity index (χ0v) is 7.95. The highest BCUT2D eigenvalue weighted by Crippen LogP contribution is 1.99. The van der Waals surface area contributed by atoms with Crippen LogP contribution in [0.5, 0.6) is 0 Å². The Morgan fingerprint density at radius 1 is 1.77 bits per heavy atom. The molecule has 0 bridgehead atoms. The molecule has 4 heteroatoms. The van der Waals surface area contributed by atoms with Crippen molar-refractivity contribution in [2.45, 2.75) is 13.0 Å². The van der Waals surface area contributed by atoms with E-state index in [1.54, 1.807) is 10.6 Å². The van der Waals surface area contributed by atoms with Crippen molar-refractivity contribution in [1.29, 1.82) is 0 Å². The first-order valence-corrected chi connectivity index (χ1v) is 4.27. The van der Waals surface area contributed by atoms with Crippen LogP contribution in [0.15, 0.2) is 18.3 Å². The van der Waals surface area contributed by atoms with Gasteiger partial charge < -0.3 is 15.6 Å². The van der Waals surface area contributed by atoms with Gasteiger partial charge in [0.15, 0.2) is 0 Å². The monoisotopic (exact) mass is 181 g/mol. The van der Waals surface area contributed by atoms with E-state index < -0.39 is 0 Å². The van der Waals surface area contributed by atoms with Gasteiger partial charge in [-0.15, -0.1) is 0 Å². The number of hydrogen-bond donors (Lipinski definition) is 2. The van der Waals surface area contributed by atoms with E-state index in [0.717, 1.165) is 0 Å². The van der Waals surface area contributed by atoms with Crippen molar-refractivity contribution in [3.05, 3.63) is 24.0 Å². The number of nitrogens with zero attached hydrogens (tertiary/aromatic N) is 1. The fourth-order valence-electron chi connectivity index (χ4n) is 1.05. The number of aryl methyl sites for hydroxylation is 1. The molecule has 0 fully saturated rings. The van der Waals surface area contributed by atoms with Crippen LogP contribution in [-0.2, 0) is 7.05 Å². The van der Waals surface area contributed by atoms with Crippen molar-refractivity contribution in [1.82, 2.24) is 9.88 Å². The molecule has 0 saturated heterocycles. The third-order valence-corrected chi connectivity index (χ3v) is 1.91. The van der Waals surface area contributed by atoms with Gasteiger partial charge in [0.2, 0.25) is 0 Å². The summed E-state index contributed by atoms with van der Waals surface area (Å²) in [6, 6.07) is 3.63. The molecule has 1 atom stereocenters. The summed E-state index contributed by atoms with van der Waals surface area (Å²) in [7, 11) is 1.84. The summed E-state index contributed by atoms with van der Waals surface area (Å²) in [6.45, 7) is 2.33. The Balaban J connectivity index is 2.64. The summed E-state index contributed by atoms with van der Waals surface area (Å²) >= 11 is 0. The lowest BCUT2D eigenvalue weighted by Crippen LogP contribution is -2.38. The van der Waals surface area contributed by atoms with E-state index in [2.05, 4.69) is 5.32 Å². The molecule has 1 aromatic heterocycles. The second kappa shape index (κ2) is 4.09. The minimum atomic E-state index is -0.0783. The molecule has 4 nitrogen and oxygen atoms in total. The Morgan fingerprint density at radius 3 is 2.92 bits per heavy atom. The van der Waals surface area contributed by atoms with E-state index in [1.165, 1.54) is 0 Å². The van der Waals surface area contributed by atoms with Gasteiger partial charge in [0, 0.05) is 25.8 Å². The lowest BCUT2D eigenvalue weighted by molar-refractivity contribution is 0.0933. The Morgan fingerprint density at radius 2 is 2.46 bits per heavy atom. The van der Waals surface area contributed by atoms with Crippen molar-refractivity contribution in [3.63, 3.8) is 0 Å². The second-order valence-electron chi connectivity index (χ2n) is 3.11. The van der Waals surface area contributed by atoms with Crippen molar-refractivity contribution in [2.24, 2.45) is 12.8 Å². The van der Waals surface area contributed by atoms with Crippen molar-refractivity contribution >= 4 is 5.91 Å². The average Bonchev–Trinajstić information content (AvgIpc) is 2.51. The number of rotatable bonds is 3. The Bertz CT molecular complexity index is 293. The number of nitrogens with two attached hydrogens (primary N) is 1. The predicted octanol–water partition coefficient (Wildman–Crippen LogP) is 0.102. The molecular weight excluding hydrogens is 166 g/mol. The molecule has 0 unspecified atom stereocenters. The van der Waals surface area contributed by atoms with Crippen LogP contribution < -0.4 is 11.1 Å². The smallest absolute Gasteiger partial charge is 0.268 e. The van der Waals surface area contributed by atoms with E-state index in [0.29, 0.717) is 12.2 Å². The van der Waals surface area contributed by atoms with Crippen molar-refractivity contribution < 1.29 is 4.79 Å². The minimum absolute atomic E-state index is 0.0161. The Hall–Kier alpha value is -1.29. The normalized spacial score (nSPS) is 12.5.